The summed E-state index contributed by atoms with van der Waals surface area (Å²) in [6.07, 6.45) is 0. The molecule has 0 spiro atoms. The molecule has 0 saturated carbocycles. The van der Waals surface area contributed by atoms with E-state index in [-0.39, 0.29) is 6.04 Å². The minimum atomic E-state index is -2.77. The van der Waals surface area contributed by atoms with Crippen LogP contribution in [0.25, 0.3) is 0 Å². The molecule has 21 heavy (non-hydrogen) atoms. The first-order valence-electron chi connectivity index (χ1n) is 7.38. The van der Waals surface area contributed by atoms with E-state index in [0.717, 1.165) is 0 Å². The second-order valence-electron chi connectivity index (χ2n) is 7.90. The van der Waals surface area contributed by atoms with E-state index in [1.807, 2.05) is 47.3 Å². The van der Waals surface area contributed by atoms with Gasteiger partial charge in [-0.05, 0) is 66.5 Å². The number of halogens is 1. The van der Waals surface area contributed by atoms with Crippen LogP contribution >= 0.6 is 0 Å². The van der Waals surface area contributed by atoms with Crippen molar-refractivity contribution in [3.63, 3.8) is 0 Å². The van der Waals surface area contributed by atoms with Gasteiger partial charge in [0, 0.05) is 0 Å². The lowest BCUT2D eigenvalue weighted by Gasteiger charge is -2.50. The van der Waals surface area contributed by atoms with Crippen molar-refractivity contribution >= 4 is 25.2 Å². The van der Waals surface area contributed by atoms with E-state index in [1.54, 1.807) is 13.1 Å². The molecule has 0 amide bonds. The van der Waals surface area contributed by atoms with Crippen LogP contribution in [0.4, 0.5) is 4.39 Å². The van der Waals surface area contributed by atoms with E-state index in [0.29, 0.717) is 0 Å². The molecule has 1 unspecified atom stereocenters. The van der Waals surface area contributed by atoms with Crippen LogP contribution in [-0.4, -0.2) is 51.9 Å². The molecule has 0 fully saturated rings. The fraction of sp³-hybridized carbons (Fsp3) is 1.00. The molecule has 0 aliphatic carbocycles. The molecule has 0 aromatic carbocycles. The molecule has 2 N–H and O–H groups in total. The Bertz CT molecular complexity index is 350. The summed E-state index contributed by atoms with van der Waals surface area (Å²) in [7, 11) is -8.03. The van der Waals surface area contributed by atoms with E-state index >= 15 is 0 Å². The summed E-state index contributed by atoms with van der Waals surface area (Å²) in [5, 5.41) is -1.44. The first-order chi connectivity index (χ1) is 8.97. The summed E-state index contributed by atoms with van der Waals surface area (Å²) < 4.78 is 25.4. The molecule has 4 nitrogen and oxygen atoms in total. The number of alkyl halides is 1. The van der Waals surface area contributed by atoms with E-state index in [4.69, 9.17) is 8.85 Å². The van der Waals surface area contributed by atoms with Gasteiger partial charge < -0.3 is 18.4 Å². The van der Waals surface area contributed by atoms with Gasteiger partial charge in [-0.3, -0.25) is 4.39 Å². The lowest BCUT2D eigenvalue weighted by atomic mass is 10.5. The standard InChI is InChI=1S/C13H33FO4Si3/c1-12(2,19(5,6)15)18-21(9,11-10-14)13(3,4)17-20(7,8)16/h15-16H,10-11H2,1-9H3. The smallest absolute Gasteiger partial charge is 0.329 e. The monoisotopic (exact) mass is 356 g/mol. The van der Waals surface area contributed by atoms with Crippen LogP contribution in [-0.2, 0) is 8.85 Å². The van der Waals surface area contributed by atoms with E-state index in [2.05, 4.69) is 0 Å². The molecule has 0 radical (unpaired) electrons. The predicted octanol–water partition coefficient (Wildman–Crippen LogP) is 3.09. The van der Waals surface area contributed by atoms with Crippen LogP contribution in [0.15, 0.2) is 0 Å². The van der Waals surface area contributed by atoms with E-state index < -0.39 is 42.3 Å². The van der Waals surface area contributed by atoms with Gasteiger partial charge in [0.05, 0.1) is 17.1 Å². The third kappa shape index (κ3) is 5.85. The van der Waals surface area contributed by atoms with Crippen molar-refractivity contribution < 1.29 is 22.8 Å². The number of hydrogen-bond donors (Lipinski definition) is 2. The third-order valence-electron chi connectivity index (χ3n) is 4.30. The van der Waals surface area contributed by atoms with Gasteiger partial charge in [0.2, 0.25) is 16.6 Å². The number of hydrogen-bond acceptors (Lipinski definition) is 4. The van der Waals surface area contributed by atoms with Crippen molar-refractivity contribution in [2.24, 2.45) is 0 Å². The van der Waals surface area contributed by atoms with Crippen molar-refractivity contribution in [2.45, 2.75) is 76.9 Å². The highest BCUT2D eigenvalue weighted by molar-refractivity contribution is 6.79. The fourth-order valence-electron chi connectivity index (χ4n) is 2.08. The zero-order valence-electron chi connectivity index (χ0n) is 15.0. The molecule has 0 heterocycles. The second-order valence-corrected chi connectivity index (χ2v) is 19.7. The highest BCUT2D eigenvalue weighted by Crippen LogP contribution is 2.37. The summed E-state index contributed by atoms with van der Waals surface area (Å²) in [5.41, 5.74) is 0. The molecular weight excluding hydrogens is 323 g/mol. The van der Waals surface area contributed by atoms with Crippen LogP contribution in [0.3, 0.4) is 0 Å². The Hall–Kier alpha value is 0.421. The topological polar surface area (TPSA) is 58.9 Å². The first-order valence-corrected chi connectivity index (χ1v) is 15.8. The maximum atomic E-state index is 13.1. The van der Waals surface area contributed by atoms with Crippen LogP contribution in [0, 0.1) is 0 Å². The van der Waals surface area contributed by atoms with Gasteiger partial charge >= 0.3 is 8.56 Å². The van der Waals surface area contributed by atoms with Crippen molar-refractivity contribution in [1.29, 1.82) is 0 Å². The van der Waals surface area contributed by atoms with Crippen molar-refractivity contribution in [1.82, 2.24) is 0 Å². The first kappa shape index (κ1) is 21.4. The van der Waals surface area contributed by atoms with Gasteiger partial charge in [-0.25, -0.2) is 0 Å². The Labute approximate surface area is 132 Å². The maximum Gasteiger partial charge on any atom is 0.329 e. The Balaban J connectivity index is 5.53. The van der Waals surface area contributed by atoms with Crippen LogP contribution in [0.1, 0.15) is 27.7 Å². The SMILES string of the molecule is CC(C)(O[Si](C)(CCF)C(C)(C)O[Si](C)(C)O)[Si](C)(C)O. The third-order valence-corrected chi connectivity index (χ3v) is 13.5. The molecule has 0 saturated heterocycles. The van der Waals surface area contributed by atoms with Gasteiger partial charge in [0.25, 0.3) is 0 Å². The molecular formula is C13H33FO4Si3. The summed E-state index contributed by atoms with van der Waals surface area (Å²) in [6.45, 7) is 15.9. The molecule has 0 aromatic rings. The predicted molar refractivity (Wildman–Crippen MR) is 92.1 cm³/mol. The van der Waals surface area contributed by atoms with Crippen molar-refractivity contribution in [3.8, 4) is 0 Å². The van der Waals surface area contributed by atoms with E-state index in [1.165, 1.54) is 0 Å². The van der Waals surface area contributed by atoms with Gasteiger partial charge in [-0.1, -0.05) is 0 Å². The summed E-state index contributed by atoms with van der Waals surface area (Å²) in [4.78, 5) is 20.5. The lowest BCUT2D eigenvalue weighted by molar-refractivity contribution is 0.0732. The van der Waals surface area contributed by atoms with Crippen LogP contribution in [0.2, 0.25) is 38.8 Å². The minimum absolute atomic E-state index is 0.276. The Morgan fingerprint density at radius 2 is 1.29 bits per heavy atom. The quantitative estimate of drug-likeness (QED) is 0.656. The average Bonchev–Trinajstić information content (AvgIpc) is 2.10. The Kier molecular flexibility index (Phi) is 6.63. The second kappa shape index (κ2) is 6.50. The Morgan fingerprint density at radius 3 is 1.57 bits per heavy atom. The highest BCUT2D eigenvalue weighted by Gasteiger charge is 2.54. The van der Waals surface area contributed by atoms with Gasteiger partial charge in [0.15, 0.2) is 0 Å². The minimum Gasteiger partial charge on any atom is -0.429 e. The Morgan fingerprint density at radius 1 is 0.857 bits per heavy atom. The zero-order chi connectivity index (χ0) is 17.3. The molecule has 0 aromatic heterocycles. The largest absolute Gasteiger partial charge is 0.429 e. The lowest BCUT2D eigenvalue weighted by Crippen LogP contribution is -2.67. The molecule has 0 aliphatic rings. The van der Waals surface area contributed by atoms with Crippen LogP contribution < -0.4 is 0 Å². The molecule has 0 rings (SSSR count). The fourth-order valence-corrected chi connectivity index (χ4v) is 9.05. The molecule has 8 heteroatoms. The van der Waals surface area contributed by atoms with Gasteiger partial charge in [0.1, 0.15) is 0 Å². The van der Waals surface area contributed by atoms with Crippen molar-refractivity contribution in [2.75, 3.05) is 6.67 Å². The van der Waals surface area contributed by atoms with Crippen LogP contribution in [0.5, 0.6) is 0 Å². The molecule has 0 aliphatic heterocycles. The van der Waals surface area contributed by atoms with Crippen molar-refractivity contribution in [3.05, 3.63) is 0 Å². The van der Waals surface area contributed by atoms with Gasteiger partial charge in [-0.15, -0.1) is 0 Å². The summed E-state index contributed by atoms with van der Waals surface area (Å²) in [6, 6.07) is 0.276. The zero-order valence-corrected chi connectivity index (χ0v) is 18.0. The molecule has 128 valence electrons. The normalized spacial score (nSPS) is 17.7. The number of rotatable bonds is 8. The molecule has 1 atom stereocenters. The highest BCUT2D eigenvalue weighted by atomic mass is 28.4. The van der Waals surface area contributed by atoms with E-state index in [9.17, 15) is 14.0 Å². The molecule has 0 bridgehead atoms. The maximum absolute atomic E-state index is 13.1. The summed E-state index contributed by atoms with van der Waals surface area (Å²) >= 11 is 0. The average molecular weight is 357 g/mol. The van der Waals surface area contributed by atoms with Gasteiger partial charge in [-0.2, -0.15) is 0 Å². The summed E-state index contributed by atoms with van der Waals surface area (Å²) in [5.74, 6) is 0.